The summed E-state index contributed by atoms with van der Waals surface area (Å²) >= 11 is 0. The van der Waals surface area contributed by atoms with Crippen LogP contribution in [0.15, 0.2) is 53.8 Å². The number of rotatable bonds is 2. The fourth-order valence-electron chi connectivity index (χ4n) is 2.16. The van der Waals surface area contributed by atoms with Gasteiger partial charge in [0.1, 0.15) is 11.5 Å². The molecule has 0 fully saturated rings. The Balaban J connectivity index is 2.11. The van der Waals surface area contributed by atoms with Crippen LogP contribution in [0.5, 0.6) is 5.75 Å². The molecule has 1 aromatic rings. The van der Waals surface area contributed by atoms with Crippen LogP contribution in [-0.2, 0) is 0 Å². The molecule has 0 heterocycles. The Bertz CT molecular complexity index is 446. The molecule has 0 N–H and O–H groups in total. The topological polar surface area (TPSA) is 9.23 Å². The van der Waals surface area contributed by atoms with Crippen molar-refractivity contribution in [3.05, 3.63) is 53.8 Å². The van der Waals surface area contributed by atoms with Crippen molar-refractivity contribution in [2.24, 2.45) is 5.41 Å². The van der Waals surface area contributed by atoms with Gasteiger partial charge in [-0.3, -0.25) is 0 Å². The van der Waals surface area contributed by atoms with Gasteiger partial charge in [0.05, 0.1) is 0 Å². The second-order valence-electron chi connectivity index (χ2n) is 5.84. The van der Waals surface area contributed by atoms with E-state index in [1.54, 1.807) is 0 Å². The quantitative estimate of drug-likeness (QED) is 0.700. The summed E-state index contributed by atoms with van der Waals surface area (Å²) in [6, 6.07) is 10.0. The molecule has 0 amide bonds. The Labute approximate surface area is 110 Å². The summed E-state index contributed by atoms with van der Waals surface area (Å²) in [7, 11) is 0. The highest BCUT2D eigenvalue weighted by atomic mass is 16.5. The fourth-order valence-corrected chi connectivity index (χ4v) is 2.16. The van der Waals surface area contributed by atoms with Crippen LogP contribution in [0.2, 0.25) is 0 Å². The molecule has 1 aliphatic rings. The molecule has 1 heteroatoms. The normalized spacial score (nSPS) is 16.6. The minimum absolute atomic E-state index is 0.263. The van der Waals surface area contributed by atoms with Gasteiger partial charge in [-0.15, -0.1) is 0 Å². The van der Waals surface area contributed by atoms with E-state index in [1.165, 1.54) is 18.4 Å². The molecule has 0 unspecified atom stereocenters. The maximum atomic E-state index is 5.91. The molecule has 2 rings (SSSR count). The van der Waals surface area contributed by atoms with Gasteiger partial charge < -0.3 is 4.74 Å². The Kier molecular flexibility index (Phi) is 3.90. The standard InChI is InChI=1S/C17H22O/c1-17(2,3)14-8-7-11-16(13-12-14)18-15-9-5-4-6-10-15/h4-6,9-10,12-13H,7-8,11H2,1-3H3. The zero-order valence-corrected chi connectivity index (χ0v) is 11.6. The lowest BCUT2D eigenvalue weighted by Gasteiger charge is -2.22. The van der Waals surface area contributed by atoms with Crippen molar-refractivity contribution in [2.75, 3.05) is 0 Å². The van der Waals surface area contributed by atoms with Crippen LogP contribution in [0.3, 0.4) is 0 Å². The number of allylic oxidation sites excluding steroid dienone is 4. The molecule has 0 bridgehead atoms. The molecule has 0 radical (unpaired) electrons. The third-order valence-electron chi connectivity index (χ3n) is 3.30. The maximum absolute atomic E-state index is 5.91. The number of para-hydroxylation sites is 1. The summed E-state index contributed by atoms with van der Waals surface area (Å²) in [4.78, 5) is 0. The van der Waals surface area contributed by atoms with Gasteiger partial charge in [-0.2, -0.15) is 0 Å². The number of ether oxygens (including phenoxy) is 1. The predicted molar refractivity (Wildman–Crippen MR) is 76.5 cm³/mol. The van der Waals surface area contributed by atoms with E-state index in [2.05, 4.69) is 32.9 Å². The van der Waals surface area contributed by atoms with Gasteiger partial charge in [0.2, 0.25) is 0 Å². The van der Waals surface area contributed by atoms with Crippen molar-refractivity contribution in [2.45, 2.75) is 40.0 Å². The smallest absolute Gasteiger partial charge is 0.126 e. The largest absolute Gasteiger partial charge is 0.462 e. The minimum atomic E-state index is 0.263. The summed E-state index contributed by atoms with van der Waals surface area (Å²) in [6.07, 6.45) is 7.74. The van der Waals surface area contributed by atoms with Crippen LogP contribution in [0, 0.1) is 5.41 Å². The maximum Gasteiger partial charge on any atom is 0.126 e. The van der Waals surface area contributed by atoms with E-state index in [4.69, 9.17) is 4.74 Å². The molecule has 1 aliphatic carbocycles. The molecule has 0 aliphatic heterocycles. The van der Waals surface area contributed by atoms with Crippen LogP contribution in [0.1, 0.15) is 40.0 Å². The van der Waals surface area contributed by atoms with Crippen LogP contribution in [-0.4, -0.2) is 0 Å². The second-order valence-corrected chi connectivity index (χ2v) is 5.84. The van der Waals surface area contributed by atoms with Crippen molar-refractivity contribution in [1.82, 2.24) is 0 Å². The van der Waals surface area contributed by atoms with E-state index in [1.807, 2.05) is 30.3 Å². The Morgan fingerprint density at radius 1 is 0.944 bits per heavy atom. The van der Waals surface area contributed by atoms with Crippen LogP contribution in [0.25, 0.3) is 0 Å². The molecule has 96 valence electrons. The van der Waals surface area contributed by atoms with Gasteiger partial charge in [-0.05, 0) is 36.5 Å². The first-order valence-corrected chi connectivity index (χ1v) is 6.69. The molecule has 0 aromatic heterocycles. The third kappa shape index (κ3) is 3.49. The predicted octanol–water partition coefficient (Wildman–Crippen LogP) is 5.11. The van der Waals surface area contributed by atoms with Crippen molar-refractivity contribution >= 4 is 0 Å². The van der Waals surface area contributed by atoms with E-state index in [-0.39, 0.29) is 5.41 Å². The summed E-state index contributed by atoms with van der Waals surface area (Å²) in [5.41, 5.74) is 1.77. The van der Waals surface area contributed by atoms with Crippen LogP contribution < -0.4 is 4.74 Å². The number of hydrogen-bond donors (Lipinski definition) is 0. The molecule has 0 atom stereocenters. The molecular formula is C17H22O. The van der Waals surface area contributed by atoms with Gasteiger partial charge in [-0.1, -0.05) is 50.6 Å². The van der Waals surface area contributed by atoms with E-state index in [9.17, 15) is 0 Å². The van der Waals surface area contributed by atoms with Gasteiger partial charge in [0.15, 0.2) is 0 Å². The Morgan fingerprint density at radius 2 is 1.67 bits per heavy atom. The van der Waals surface area contributed by atoms with Gasteiger partial charge >= 0.3 is 0 Å². The summed E-state index contributed by atoms with van der Waals surface area (Å²) < 4.78 is 5.91. The van der Waals surface area contributed by atoms with Crippen LogP contribution >= 0.6 is 0 Å². The Hall–Kier alpha value is -1.50. The molecule has 1 aromatic carbocycles. The molecular weight excluding hydrogens is 220 g/mol. The molecule has 18 heavy (non-hydrogen) atoms. The van der Waals surface area contributed by atoms with Crippen molar-refractivity contribution < 1.29 is 4.74 Å². The lowest BCUT2D eigenvalue weighted by Crippen LogP contribution is -2.08. The first-order chi connectivity index (χ1) is 8.55. The summed E-state index contributed by atoms with van der Waals surface area (Å²) in [6.45, 7) is 6.82. The molecule has 0 saturated carbocycles. The van der Waals surface area contributed by atoms with E-state index in [0.717, 1.165) is 17.9 Å². The van der Waals surface area contributed by atoms with Gasteiger partial charge in [0.25, 0.3) is 0 Å². The monoisotopic (exact) mass is 242 g/mol. The van der Waals surface area contributed by atoms with E-state index >= 15 is 0 Å². The first-order valence-electron chi connectivity index (χ1n) is 6.69. The van der Waals surface area contributed by atoms with Gasteiger partial charge in [-0.25, -0.2) is 0 Å². The van der Waals surface area contributed by atoms with Crippen molar-refractivity contribution in [3.63, 3.8) is 0 Å². The van der Waals surface area contributed by atoms with Crippen molar-refractivity contribution in [1.29, 1.82) is 0 Å². The number of hydrogen-bond acceptors (Lipinski definition) is 1. The number of benzene rings is 1. The zero-order valence-electron chi connectivity index (χ0n) is 11.6. The first kappa shape index (κ1) is 12.9. The third-order valence-corrected chi connectivity index (χ3v) is 3.30. The lowest BCUT2D eigenvalue weighted by atomic mass is 9.84. The average Bonchev–Trinajstić information content (AvgIpc) is 2.55. The minimum Gasteiger partial charge on any atom is -0.462 e. The zero-order chi connectivity index (χ0) is 13.0. The molecule has 0 spiro atoms. The molecule has 0 saturated heterocycles. The summed E-state index contributed by atoms with van der Waals surface area (Å²) in [5.74, 6) is 2.00. The molecule has 1 nitrogen and oxygen atoms in total. The highest BCUT2D eigenvalue weighted by molar-refractivity contribution is 5.27. The Morgan fingerprint density at radius 3 is 2.33 bits per heavy atom. The summed E-state index contributed by atoms with van der Waals surface area (Å²) in [5, 5.41) is 0. The average molecular weight is 242 g/mol. The highest BCUT2D eigenvalue weighted by Crippen LogP contribution is 2.32. The fraction of sp³-hybridized carbons (Fsp3) is 0.412. The van der Waals surface area contributed by atoms with Crippen LogP contribution in [0.4, 0.5) is 0 Å². The van der Waals surface area contributed by atoms with Crippen molar-refractivity contribution in [3.8, 4) is 5.75 Å². The highest BCUT2D eigenvalue weighted by Gasteiger charge is 2.18. The van der Waals surface area contributed by atoms with E-state index < -0.39 is 0 Å². The van der Waals surface area contributed by atoms with E-state index in [0.29, 0.717) is 0 Å². The van der Waals surface area contributed by atoms with Gasteiger partial charge in [0, 0.05) is 6.42 Å². The lowest BCUT2D eigenvalue weighted by molar-refractivity contribution is 0.398. The second kappa shape index (κ2) is 5.43. The SMILES string of the molecule is CC(C)(C)C1=CC=C(Oc2ccccc2)CCC1.